The molecular weight excluding hydrogens is 463 g/mol. The van der Waals surface area contributed by atoms with Crippen molar-refractivity contribution in [2.24, 2.45) is 4.74 Å². The largest absolute Gasteiger partial charge is 0.379 e. The van der Waals surface area contributed by atoms with E-state index in [4.69, 9.17) is 26.4 Å². The van der Waals surface area contributed by atoms with Crippen LogP contribution in [0.15, 0.2) is 52.9 Å². The van der Waals surface area contributed by atoms with Gasteiger partial charge in [0.2, 0.25) is 0 Å². The van der Waals surface area contributed by atoms with Gasteiger partial charge in [-0.1, -0.05) is 30.3 Å². The molecule has 1 aromatic carbocycles. The van der Waals surface area contributed by atoms with Crippen LogP contribution in [0, 0.1) is 0 Å². The van der Waals surface area contributed by atoms with Crippen LogP contribution < -0.4 is 10.6 Å². The highest BCUT2D eigenvalue weighted by Crippen LogP contribution is 2.56. The van der Waals surface area contributed by atoms with Gasteiger partial charge in [0.15, 0.2) is 10.1 Å². The summed E-state index contributed by atoms with van der Waals surface area (Å²) in [5.74, 6) is 0. The van der Waals surface area contributed by atoms with E-state index in [1.165, 1.54) is 5.30 Å². The summed E-state index contributed by atoms with van der Waals surface area (Å²) in [5.41, 5.74) is 0.954. The van der Waals surface area contributed by atoms with Crippen LogP contribution in [0.25, 0.3) is 4.96 Å². The SMILES string of the molecule is S=C(N=P(c1ccccc1)(N1CCOCC1)N1CCOCC1)NCc1cn2ccsc2n1. The van der Waals surface area contributed by atoms with Crippen molar-refractivity contribution in [1.29, 1.82) is 0 Å². The number of aromatic nitrogens is 2. The first-order chi connectivity index (χ1) is 15.8. The van der Waals surface area contributed by atoms with Crippen LogP contribution in [-0.4, -0.2) is 76.4 Å². The molecule has 2 aromatic heterocycles. The van der Waals surface area contributed by atoms with E-state index in [1.807, 2.05) is 22.2 Å². The number of benzene rings is 1. The minimum Gasteiger partial charge on any atom is -0.379 e. The van der Waals surface area contributed by atoms with E-state index in [0.717, 1.165) is 36.8 Å². The van der Waals surface area contributed by atoms with Crippen molar-refractivity contribution in [3.05, 3.63) is 53.8 Å². The quantitative estimate of drug-likeness (QED) is 0.436. The highest BCUT2D eigenvalue weighted by Gasteiger charge is 2.38. The summed E-state index contributed by atoms with van der Waals surface area (Å²) < 4.78 is 23.7. The number of thiocarbonyl (C=S) groups is 1. The number of nitrogens with one attached hydrogen (secondary N) is 1. The summed E-state index contributed by atoms with van der Waals surface area (Å²) in [4.78, 5) is 5.64. The molecule has 0 spiro atoms. The van der Waals surface area contributed by atoms with Crippen LogP contribution in [0.4, 0.5) is 0 Å². The molecule has 0 atom stereocenters. The average molecular weight is 491 g/mol. The van der Waals surface area contributed by atoms with Crippen molar-refractivity contribution in [2.75, 3.05) is 52.6 Å². The zero-order valence-electron chi connectivity index (χ0n) is 17.8. The molecule has 0 amide bonds. The van der Waals surface area contributed by atoms with Crippen LogP contribution >= 0.6 is 30.9 Å². The third kappa shape index (κ3) is 4.54. The molecule has 4 heterocycles. The number of hydrogen-bond donors (Lipinski definition) is 1. The van der Waals surface area contributed by atoms with Crippen LogP contribution in [0.1, 0.15) is 5.69 Å². The van der Waals surface area contributed by atoms with Gasteiger partial charge in [0.05, 0.1) is 38.7 Å². The number of hydrogen-bond acceptors (Lipinski definition) is 5. The minimum absolute atomic E-state index is 0.525. The Morgan fingerprint density at radius 1 is 1.06 bits per heavy atom. The van der Waals surface area contributed by atoms with Gasteiger partial charge >= 0.3 is 0 Å². The Morgan fingerprint density at radius 2 is 1.72 bits per heavy atom. The van der Waals surface area contributed by atoms with Crippen molar-refractivity contribution >= 4 is 46.3 Å². The Balaban J connectivity index is 1.49. The van der Waals surface area contributed by atoms with E-state index < -0.39 is 7.36 Å². The summed E-state index contributed by atoms with van der Waals surface area (Å²) >= 11 is 7.43. The average Bonchev–Trinajstić information content (AvgIpc) is 3.45. The smallest absolute Gasteiger partial charge is 0.194 e. The molecule has 0 radical (unpaired) electrons. The van der Waals surface area contributed by atoms with E-state index in [-0.39, 0.29) is 0 Å². The van der Waals surface area contributed by atoms with E-state index in [0.29, 0.717) is 38.1 Å². The monoisotopic (exact) mass is 490 g/mol. The van der Waals surface area contributed by atoms with Gasteiger partial charge in [-0.2, -0.15) is 0 Å². The summed E-state index contributed by atoms with van der Waals surface area (Å²) in [6.07, 6.45) is 4.05. The fourth-order valence-corrected chi connectivity index (χ4v) is 9.02. The Labute approximate surface area is 197 Å². The lowest BCUT2D eigenvalue weighted by Crippen LogP contribution is -2.46. The molecule has 8 nitrogen and oxygen atoms in total. The molecule has 1 N–H and O–H groups in total. The topological polar surface area (TPSA) is 66.6 Å². The molecule has 2 fully saturated rings. The summed E-state index contributed by atoms with van der Waals surface area (Å²) in [5, 5.41) is 7.13. The van der Waals surface area contributed by atoms with E-state index in [1.54, 1.807) is 11.3 Å². The third-order valence-corrected chi connectivity index (χ3v) is 10.6. The molecular formula is C21H27N6O2PS2. The van der Waals surface area contributed by atoms with Crippen LogP contribution in [0.2, 0.25) is 0 Å². The number of thiazole rings is 1. The normalized spacial score (nSPS) is 18.6. The van der Waals surface area contributed by atoms with Crippen molar-refractivity contribution in [1.82, 2.24) is 24.0 Å². The van der Waals surface area contributed by atoms with E-state index >= 15 is 0 Å². The standard InChI is InChI=1S/C21H27N6O2PS2/c31-20(22-16-18-17-25-10-15-32-21(25)23-18)24-30(19-4-2-1-3-5-19,26-6-11-28-12-7-26)27-8-13-29-14-9-27/h1-5,10,15,17H,6-9,11-14,16H2,(H,22,31). The predicted octanol–water partition coefficient (Wildman–Crippen LogP) is 2.79. The fourth-order valence-electron chi connectivity index (χ4n) is 4.17. The van der Waals surface area contributed by atoms with Crippen molar-refractivity contribution in [3.63, 3.8) is 0 Å². The van der Waals surface area contributed by atoms with Gasteiger partial charge in [-0.15, -0.1) is 11.3 Å². The molecule has 0 saturated carbocycles. The number of morpholine rings is 2. The van der Waals surface area contributed by atoms with Gasteiger partial charge in [0, 0.05) is 49.3 Å². The predicted molar refractivity (Wildman–Crippen MR) is 133 cm³/mol. The highest BCUT2D eigenvalue weighted by atomic mass is 32.1. The second-order valence-electron chi connectivity index (χ2n) is 7.62. The number of nitrogens with zero attached hydrogens (tertiary/aromatic N) is 5. The molecule has 0 bridgehead atoms. The molecule has 2 saturated heterocycles. The second-order valence-corrected chi connectivity index (χ2v) is 11.9. The van der Waals surface area contributed by atoms with E-state index in [9.17, 15) is 0 Å². The van der Waals surface area contributed by atoms with Gasteiger partial charge in [-0.3, -0.25) is 4.40 Å². The van der Waals surface area contributed by atoms with Gasteiger partial charge in [-0.05, 0) is 12.2 Å². The maximum atomic E-state index is 5.80. The summed E-state index contributed by atoms with van der Waals surface area (Å²) in [6.45, 7) is 6.73. The second kappa shape index (κ2) is 10.1. The maximum absolute atomic E-state index is 5.80. The lowest BCUT2D eigenvalue weighted by Gasteiger charge is -2.46. The summed E-state index contributed by atoms with van der Waals surface area (Å²) in [7, 11) is -2.29. The maximum Gasteiger partial charge on any atom is 0.194 e. The molecule has 0 unspecified atom stereocenters. The van der Waals surface area contributed by atoms with Gasteiger partial charge < -0.3 is 14.8 Å². The zero-order chi connectivity index (χ0) is 21.8. The fraction of sp³-hybridized carbons (Fsp3) is 0.429. The molecule has 32 heavy (non-hydrogen) atoms. The van der Waals surface area contributed by atoms with Crippen molar-refractivity contribution < 1.29 is 9.47 Å². The number of imidazole rings is 1. The van der Waals surface area contributed by atoms with Crippen molar-refractivity contribution in [3.8, 4) is 0 Å². The third-order valence-electron chi connectivity index (χ3n) is 5.66. The lowest BCUT2D eigenvalue weighted by atomic mass is 10.4. The van der Waals surface area contributed by atoms with Crippen LogP contribution in [-0.2, 0) is 16.0 Å². The van der Waals surface area contributed by atoms with E-state index in [2.05, 4.69) is 50.0 Å². The molecule has 2 aliphatic heterocycles. The number of rotatable bonds is 5. The molecule has 3 aromatic rings. The first-order valence-electron chi connectivity index (χ1n) is 10.8. The van der Waals surface area contributed by atoms with Gasteiger partial charge in [0.1, 0.15) is 7.36 Å². The molecule has 5 rings (SSSR count). The Hall–Kier alpha value is -1.65. The first kappa shape index (κ1) is 22.2. The van der Waals surface area contributed by atoms with Gasteiger partial charge in [-0.25, -0.2) is 19.1 Å². The minimum atomic E-state index is -2.29. The highest BCUT2D eigenvalue weighted by molar-refractivity contribution is 7.81. The molecule has 170 valence electrons. The van der Waals surface area contributed by atoms with Crippen molar-refractivity contribution in [2.45, 2.75) is 6.54 Å². The molecule has 0 aliphatic carbocycles. The Morgan fingerprint density at radius 3 is 2.34 bits per heavy atom. The van der Waals surface area contributed by atoms with Crippen LogP contribution in [0.5, 0.6) is 0 Å². The molecule has 2 aliphatic rings. The molecule has 11 heteroatoms. The lowest BCUT2D eigenvalue weighted by molar-refractivity contribution is 0.0579. The number of ether oxygens (including phenoxy) is 2. The Kier molecular flexibility index (Phi) is 6.99. The first-order valence-corrected chi connectivity index (χ1v) is 13.7. The Bertz CT molecular complexity index is 1060. The zero-order valence-corrected chi connectivity index (χ0v) is 20.3. The summed E-state index contributed by atoms with van der Waals surface area (Å²) in [6, 6.07) is 10.6. The number of fused-ring (bicyclic) bond motifs is 1. The van der Waals surface area contributed by atoms with Gasteiger partial charge in [0.25, 0.3) is 0 Å². The van der Waals surface area contributed by atoms with Crippen LogP contribution in [0.3, 0.4) is 0 Å².